The van der Waals surface area contributed by atoms with Crippen molar-refractivity contribution in [2.75, 3.05) is 20.2 Å². The summed E-state index contributed by atoms with van der Waals surface area (Å²) in [6.45, 7) is 6.63. The van der Waals surface area contributed by atoms with Gasteiger partial charge in [0.15, 0.2) is 0 Å². The van der Waals surface area contributed by atoms with E-state index >= 15 is 0 Å². The first kappa shape index (κ1) is 16.4. The van der Waals surface area contributed by atoms with Crippen LogP contribution in [0.2, 0.25) is 0 Å². The van der Waals surface area contributed by atoms with E-state index in [4.69, 9.17) is 4.74 Å². The minimum absolute atomic E-state index is 0.794. The fourth-order valence-corrected chi connectivity index (χ4v) is 3.68. The van der Waals surface area contributed by atoms with Gasteiger partial charge in [0.25, 0.3) is 0 Å². The number of ether oxygens (including phenoxy) is 1. The lowest BCUT2D eigenvalue weighted by molar-refractivity contribution is 0.296. The van der Waals surface area contributed by atoms with E-state index in [0.717, 1.165) is 24.1 Å². The molecule has 2 nitrogen and oxygen atoms in total. The van der Waals surface area contributed by atoms with Crippen molar-refractivity contribution >= 4 is 0 Å². The standard InChI is InChI=1S/C19H31NO/c1-4-20-14-17-9-7-5-6-8-16(17)13-18-12-15(2)10-11-19(18)21-3/h10-12,16-17,20H,4-9,13-14H2,1-3H3. The molecule has 0 heterocycles. The molecule has 0 amide bonds. The molecule has 21 heavy (non-hydrogen) atoms. The number of benzene rings is 1. The van der Waals surface area contributed by atoms with Crippen molar-refractivity contribution in [1.82, 2.24) is 5.32 Å². The van der Waals surface area contributed by atoms with Crippen LogP contribution in [0.15, 0.2) is 18.2 Å². The molecule has 0 saturated heterocycles. The van der Waals surface area contributed by atoms with Crippen LogP contribution in [-0.2, 0) is 6.42 Å². The van der Waals surface area contributed by atoms with Crippen molar-refractivity contribution in [2.24, 2.45) is 11.8 Å². The van der Waals surface area contributed by atoms with Gasteiger partial charge in [-0.25, -0.2) is 0 Å². The number of rotatable bonds is 6. The number of methoxy groups -OCH3 is 1. The molecule has 0 bridgehead atoms. The molecular formula is C19H31NO. The van der Waals surface area contributed by atoms with Crippen molar-refractivity contribution in [3.63, 3.8) is 0 Å². The normalized spacial score (nSPS) is 22.8. The molecule has 1 saturated carbocycles. The van der Waals surface area contributed by atoms with Gasteiger partial charge in [0.05, 0.1) is 7.11 Å². The van der Waals surface area contributed by atoms with Crippen LogP contribution < -0.4 is 10.1 Å². The van der Waals surface area contributed by atoms with Crippen LogP contribution in [0, 0.1) is 18.8 Å². The Balaban J connectivity index is 2.11. The number of hydrogen-bond donors (Lipinski definition) is 1. The fraction of sp³-hybridized carbons (Fsp3) is 0.684. The van der Waals surface area contributed by atoms with Gasteiger partial charge >= 0.3 is 0 Å². The Morgan fingerprint density at radius 1 is 1.14 bits per heavy atom. The molecule has 0 aromatic heterocycles. The highest BCUT2D eigenvalue weighted by molar-refractivity contribution is 5.37. The van der Waals surface area contributed by atoms with E-state index < -0.39 is 0 Å². The minimum atomic E-state index is 0.794. The second kappa shape index (κ2) is 8.43. The van der Waals surface area contributed by atoms with Gasteiger partial charge in [-0.15, -0.1) is 0 Å². The predicted molar refractivity (Wildman–Crippen MR) is 90.0 cm³/mol. The summed E-state index contributed by atoms with van der Waals surface area (Å²) in [5.41, 5.74) is 2.73. The summed E-state index contributed by atoms with van der Waals surface area (Å²) in [4.78, 5) is 0. The van der Waals surface area contributed by atoms with Crippen LogP contribution in [0.3, 0.4) is 0 Å². The van der Waals surface area contributed by atoms with E-state index in [1.54, 1.807) is 7.11 Å². The van der Waals surface area contributed by atoms with Crippen LogP contribution in [0.4, 0.5) is 0 Å². The molecule has 2 heteroatoms. The maximum Gasteiger partial charge on any atom is 0.122 e. The molecular weight excluding hydrogens is 258 g/mol. The van der Waals surface area contributed by atoms with Crippen molar-refractivity contribution in [1.29, 1.82) is 0 Å². The summed E-state index contributed by atoms with van der Waals surface area (Å²) in [7, 11) is 1.79. The Morgan fingerprint density at radius 3 is 2.62 bits per heavy atom. The molecule has 2 atom stereocenters. The summed E-state index contributed by atoms with van der Waals surface area (Å²) >= 11 is 0. The zero-order chi connectivity index (χ0) is 15.1. The van der Waals surface area contributed by atoms with Gasteiger partial charge in [-0.2, -0.15) is 0 Å². The van der Waals surface area contributed by atoms with Gasteiger partial charge in [0, 0.05) is 0 Å². The highest BCUT2D eigenvalue weighted by atomic mass is 16.5. The lowest BCUT2D eigenvalue weighted by atomic mass is 9.82. The van der Waals surface area contributed by atoms with E-state index in [-0.39, 0.29) is 0 Å². The van der Waals surface area contributed by atoms with E-state index in [2.05, 4.69) is 37.4 Å². The molecule has 118 valence electrons. The first-order chi connectivity index (χ1) is 10.2. The molecule has 1 aromatic carbocycles. The lowest BCUT2D eigenvalue weighted by Crippen LogP contribution is -2.28. The molecule has 1 fully saturated rings. The number of hydrogen-bond acceptors (Lipinski definition) is 2. The first-order valence-electron chi connectivity index (χ1n) is 8.58. The second-order valence-electron chi connectivity index (χ2n) is 6.49. The van der Waals surface area contributed by atoms with Gasteiger partial charge in [-0.1, -0.05) is 43.9 Å². The summed E-state index contributed by atoms with van der Waals surface area (Å²) in [5.74, 6) is 2.67. The van der Waals surface area contributed by atoms with Crippen molar-refractivity contribution in [3.05, 3.63) is 29.3 Å². The van der Waals surface area contributed by atoms with Crippen molar-refractivity contribution in [2.45, 2.75) is 52.4 Å². The summed E-state index contributed by atoms with van der Waals surface area (Å²) in [5, 5.41) is 3.57. The highest BCUT2D eigenvalue weighted by Crippen LogP contribution is 2.33. The maximum atomic E-state index is 5.57. The van der Waals surface area contributed by atoms with Crippen LogP contribution in [-0.4, -0.2) is 20.2 Å². The molecule has 2 unspecified atom stereocenters. The summed E-state index contributed by atoms with van der Waals surface area (Å²) < 4.78 is 5.57. The average molecular weight is 289 g/mol. The Hall–Kier alpha value is -1.02. The molecule has 0 spiro atoms. The second-order valence-corrected chi connectivity index (χ2v) is 6.49. The topological polar surface area (TPSA) is 21.3 Å². The average Bonchev–Trinajstić information content (AvgIpc) is 2.71. The predicted octanol–water partition coefficient (Wildman–Crippen LogP) is 4.35. The maximum absolute atomic E-state index is 5.57. The third-order valence-corrected chi connectivity index (χ3v) is 4.89. The Bertz CT molecular complexity index is 430. The van der Waals surface area contributed by atoms with Crippen molar-refractivity contribution in [3.8, 4) is 5.75 Å². The summed E-state index contributed by atoms with van der Waals surface area (Å²) in [6.07, 6.45) is 8.11. The first-order valence-corrected chi connectivity index (χ1v) is 8.58. The van der Waals surface area contributed by atoms with E-state index in [1.807, 2.05) is 0 Å². The number of nitrogens with one attached hydrogen (secondary N) is 1. The van der Waals surface area contributed by atoms with E-state index in [9.17, 15) is 0 Å². The Morgan fingerprint density at radius 2 is 1.90 bits per heavy atom. The van der Waals surface area contributed by atoms with Gasteiger partial charge in [-0.05, 0) is 62.7 Å². The largest absolute Gasteiger partial charge is 0.496 e. The van der Waals surface area contributed by atoms with Gasteiger partial charge in [0.1, 0.15) is 5.75 Å². The third kappa shape index (κ3) is 4.74. The molecule has 2 rings (SSSR count). The molecule has 1 aliphatic rings. The van der Waals surface area contributed by atoms with Gasteiger partial charge in [-0.3, -0.25) is 0 Å². The molecule has 1 N–H and O–H groups in total. The quantitative estimate of drug-likeness (QED) is 0.786. The van der Waals surface area contributed by atoms with Crippen molar-refractivity contribution < 1.29 is 4.74 Å². The third-order valence-electron chi connectivity index (χ3n) is 4.89. The van der Waals surface area contributed by atoms with Gasteiger partial charge in [0.2, 0.25) is 0 Å². The lowest BCUT2D eigenvalue weighted by Gasteiger charge is -2.26. The molecule has 1 aromatic rings. The monoisotopic (exact) mass is 289 g/mol. The van der Waals surface area contributed by atoms with Gasteiger partial charge < -0.3 is 10.1 Å². The van der Waals surface area contributed by atoms with Crippen LogP contribution in [0.5, 0.6) is 5.75 Å². The van der Waals surface area contributed by atoms with Crippen LogP contribution in [0.25, 0.3) is 0 Å². The van der Waals surface area contributed by atoms with Crippen LogP contribution in [0.1, 0.15) is 50.2 Å². The van der Waals surface area contributed by atoms with E-state index in [1.165, 1.54) is 56.2 Å². The zero-order valence-corrected chi connectivity index (χ0v) is 14.0. The number of aryl methyl sites for hydroxylation is 1. The minimum Gasteiger partial charge on any atom is -0.496 e. The molecule has 0 radical (unpaired) electrons. The fourth-order valence-electron chi connectivity index (χ4n) is 3.68. The smallest absolute Gasteiger partial charge is 0.122 e. The SMILES string of the molecule is CCNCC1CCCCCC1Cc1cc(C)ccc1OC. The zero-order valence-electron chi connectivity index (χ0n) is 14.0. The Kier molecular flexibility index (Phi) is 6.56. The Labute approximate surface area is 130 Å². The van der Waals surface area contributed by atoms with E-state index in [0.29, 0.717) is 0 Å². The molecule has 0 aliphatic heterocycles. The highest BCUT2D eigenvalue weighted by Gasteiger charge is 2.24. The summed E-state index contributed by atoms with van der Waals surface area (Å²) in [6, 6.07) is 6.58. The molecule has 1 aliphatic carbocycles. The van der Waals surface area contributed by atoms with Crippen LogP contribution >= 0.6 is 0 Å².